The van der Waals surface area contributed by atoms with E-state index in [4.69, 9.17) is 0 Å². The zero-order valence-electron chi connectivity index (χ0n) is 15.2. The smallest absolute Gasteiger partial charge is 0.227 e. The molecule has 4 nitrogen and oxygen atoms in total. The second kappa shape index (κ2) is 7.51. The number of amides is 2. The molecule has 27 heavy (non-hydrogen) atoms. The van der Waals surface area contributed by atoms with Gasteiger partial charge in [-0.1, -0.05) is 30.3 Å². The molecule has 5 heteroatoms. The van der Waals surface area contributed by atoms with Gasteiger partial charge in [-0.15, -0.1) is 0 Å². The Balaban J connectivity index is 1.39. The molecule has 0 aromatic heterocycles. The Labute approximate surface area is 158 Å². The van der Waals surface area contributed by atoms with Gasteiger partial charge in [-0.05, 0) is 55.0 Å². The molecule has 2 aromatic rings. The Bertz CT molecular complexity index is 850. The molecule has 2 unspecified atom stereocenters. The predicted molar refractivity (Wildman–Crippen MR) is 102 cm³/mol. The van der Waals surface area contributed by atoms with Gasteiger partial charge in [0.25, 0.3) is 0 Å². The molecule has 0 aliphatic carbocycles. The standard InChI is InChI=1S/C22H23FN2O2/c23-18-10-7-15(8-11-18)20-6-3-13-25(20)21(26)12-9-17-14-16-4-1-2-5-19(16)24-22(17)27/h1-2,4-5,7-8,10-11,17,20H,3,6,9,12-14H2,(H,24,27). The molecular weight excluding hydrogens is 343 g/mol. The van der Waals surface area contributed by atoms with E-state index in [0.29, 0.717) is 19.3 Å². The number of carbonyl (C=O) groups excluding carboxylic acids is 2. The monoisotopic (exact) mass is 366 g/mol. The third kappa shape index (κ3) is 3.72. The fraction of sp³-hybridized carbons (Fsp3) is 0.364. The van der Waals surface area contributed by atoms with E-state index in [1.54, 1.807) is 12.1 Å². The molecule has 2 aliphatic rings. The van der Waals surface area contributed by atoms with Gasteiger partial charge in [0.2, 0.25) is 11.8 Å². The maximum absolute atomic E-state index is 13.2. The summed E-state index contributed by atoms with van der Waals surface area (Å²) < 4.78 is 13.2. The van der Waals surface area contributed by atoms with Crippen LogP contribution in [0.4, 0.5) is 10.1 Å². The van der Waals surface area contributed by atoms with E-state index < -0.39 is 0 Å². The van der Waals surface area contributed by atoms with Crippen LogP contribution in [-0.4, -0.2) is 23.3 Å². The first kappa shape index (κ1) is 17.7. The number of rotatable bonds is 4. The maximum Gasteiger partial charge on any atom is 0.227 e. The molecule has 2 amide bonds. The molecule has 4 rings (SSSR count). The van der Waals surface area contributed by atoms with Crippen LogP contribution in [-0.2, 0) is 16.0 Å². The Morgan fingerprint density at radius 2 is 1.93 bits per heavy atom. The molecule has 2 aromatic carbocycles. The van der Waals surface area contributed by atoms with Crippen molar-refractivity contribution in [2.24, 2.45) is 5.92 Å². The van der Waals surface area contributed by atoms with E-state index in [9.17, 15) is 14.0 Å². The van der Waals surface area contributed by atoms with Crippen molar-refractivity contribution in [2.75, 3.05) is 11.9 Å². The molecule has 1 N–H and O–H groups in total. The summed E-state index contributed by atoms with van der Waals surface area (Å²) in [5.74, 6) is -0.361. The van der Waals surface area contributed by atoms with Crippen molar-refractivity contribution in [1.29, 1.82) is 0 Å². The molecule has 0 radical (unpaired) electrons. The lowest BCUT2D eigenvalue weighted by Gasteiger charge is -2.27. The number of para-hydroxylation sites is 1. The highest BCUT2D eigenvalue weighted by Gasteiger charge is 2.31. The van der Waals surface area contributed by atoms with Gasteiger partial charge in [0.05, 0.1) is 6.04 Å². The van der Waals surface area contributed by atoms with Gasteiger partial charge in [-0.2, -0.15) is 0 Å². The zero-order valence-corrected chi connectivity index (χ0v) is 15.2. The van der Waals surface area contributed by atoms with E-state index in [1.807, 2.05) is 29.2 Å². The van der Waals surface area contributed by atoms with E-state index >= 15 is 0 Å². The first-order chi connectivity index (χ1) is 13.1. The quantitative estimate of drug-likeness (QED) is 0.886. The minimum atomic E-state index is -0.266. The van der Waals surface area contributed by atoms with Crippen LogP contribution in [0.25, 0.3) is 0 Å². The summed E-state index contributed by atoms with van der Waals surface area (Å²) in [7, 11) is 0. The fourth-order valence-corrected chi connectivity index (χ4v) is 4.18. The summed E-state index contributed by atoms with van der Waals surface area (Å²) in [5, 5.41) is 2.94. The first-order valence-corrected chi connectivity index (χ1v) is 9.55. The average Bonchev–Trinajstić information content (AvgIpc) is 3.16. The van der Waals surface area contributed by atoms with Crippen LogP contribution in [0.2, 0.25) is 0 Å². The predicted octanol–water partition coefficient (Wildman–Crippen LogP) is 4.08. The van der Waals surface area contributed by atoms with Gasteiger partial charge in [0, 0.05) is 24.6 Å². The Morgan fingerprint density at radius 3 is 2.74 bits per heavy atom. The highest BCUT2D eigenvalue weighted by Crippen LogP contribution is 2.33. The van der Waals surface area contributed by atoms with Crippen molar-refractivity contribution in [3.8, 4) is 0 Å². The molecule has 1 fully saturated rings. The molecule has 0 saturated carbocycles. The average molecular weight is 366 g/mol. The SMILES string of the molecule is O=C1Nc2ccccc2CC1CCC(=O)N1CCCC1c1ccc(F)cc1. The van der Waals surface area contributed by atoms with Crippen molar-refractivity contribution in [2.45, 2.75) is 38.1 Å². The van der Waals surface area contributed by atoms with Gasteiger partial charge in [0.1, 0.15) is 5.82 Å². The molecule has 140 valence electrons. The summed E-state index contributed by atoms with van der Waals surface area (Å²) >= 11 is 0. The summed E-state index contributed by atoms with van der Waals surface area (Å²) in [4.78, 5) is 27.0. The summed E-state index contributed by atoms with van der Waals surface area (Å²) in [6, 6.07) is 14.2. The number of nitrogens with zero attached hydrogens (tertiary/aromatic N) is 1. The van der Waals surface area contributed by atoms with Crippen LogP contribution in [0.3, 0.4) is 0 Å². The molecule has 0 spiro atoms. The minimum absolute atomic E-state index is 0.00185. The first-order valence-electron chi connectivity index (χ1n) is 9.55. The highest BCUT2D eigenvalue weighted by molar-refractivity contribution is 5.96. The normalized spacial score (nSPS) is 21.7. The van der Waals surface area contributed by atoms with E-state index in [2.05, 4.69) is 5.32 Å². The van der Waals surface area contributed by atoms with Crippen molar-refractivity contribution >= 4 is 17.5 Å². The third-order valence-corrected chi connectivity index (χ3v) is 5.65. The van der Waals surface area contributed by atoms with Crippen molar-refractivity contribution in [3.63, 3.8) is 0 Å². The molecule has 2 atom stereocenters. The number of hydrogen-bond donors (Lipinski definition) is 1. The summed E-state index contributed by atoms with van der Waals surface area (Å²) in [6.07, 6.45) is 3.43. The molecular formula is C22H23FN2O2. The molecule has 1 saturated heterocycles. The van der Waals surface area contributed by atoms with Gasteiger partial charge < -0.3 is 10.2 Å². The maximum atomic E-state index is 13.2. The summed E-state index contributed by atoms with van der Waals surface area (Å²) in [5.41, 5.74) is 2.98. The molecule has 2 heterocycles. The number of nitrogens with one attached hydrogen (secondary N) is 1. The lowest BCUT2D eigenvalue weighted by molar-refractivity contribution is -0.132. The van der Waals surface area contributed by atoms with E-state index in [1.165, 1.54) is 12.1 Å². The number of halogens is 1. The second-order valence-corrected chi connectivity index (χ2v) is 7.38. The lowest BCUT2D eigenvalue weighted by Crippen LogP contribution is -2.33. The lowest BCUT2D eigenvalue weighted by atomic mass is 9.89. The van der Waals surface area contributed by atoms with Crippen LogP contribution in [0.1, 0.15) is 42.9 Å². The Kier molecular flexibility index (Phi) is 4.92. The van der Waals surface area contributed by atoms with E-state index in [0.717, 1.165) is 36.2 Å². The van der Waals surface area contributed by atoms with Crippen LogP contribution >= 0.6 is 0 Å². The number of anilines is 1. The largest absolute Gasteiger partial charge is 0.336 e. The number of hydrogen-bond acceptors (Lipinski definition) is 2. The molecule has 0 bridgehead atoms. The van der Waals surface area contributed by atoms with Crippen molar-refractivity contribution in [3.05, 3.63) is 65.5 Å². The fourth-order valence-electron chi connectivity index (χ4n) is 4.18. The molecule has 2 aliphatic heterocycles. The summed E-state index contributed by atoms with van der Waals surface area (Å²) in [6.45, 7) is 0.723. The van der Waals surface area contributed by atoms with Gasteiger partial charge >= 0.3 is 0 Å². The van der Waals surface area contributed by atoms with E-state index in [-0.39, 0.29) is 29.6 Å². The van der Waals surface area contributed by atoms with Gasteiger partial charge in [0.15, 0.2) is 0 Å². The third-order valence-electron chi connectivity index (χ3n) is 5.65. The van der Waals surface area contributed by atoms with Crippen LogP contribution < -0.4 is 5.32 Å². The van der Waals surface area contributed by atoms with Gasteiger partial charge in [-0.3, -0.25) is 9.59 Å². The highest BCUT2D eigenvalue weighted by atomic mass is 19.1. The number of likely N-dealkylation sites (tertiary alicyclic amines) is 1. The topological polar surface area (TPSA) is 49.4 Å². The Morgan fingerprint density at radius 1 is 1.15 bits per heavy atom. The van der Waals surface area contributed by atoms with Crippen molar-refractivity contribution in [1.82, 2.24) is 4.90 Å². The van der Waals surface area contributed by atoms with Gasteiger partial charge in [-0.25, -0.2) is 4.39 Å². The number of benzene rings is 2. The van der Waals surface area contributed by atoms with Crippen LogP contribution in [0, 0.1) is 11.7 Å². The minimum Gasteiger partial charge on any atom is -0.336 e. The van der Waals surface area contributed by atoms with Crippen LogP contribution in [0.5, 0.6) is 0 Å². The Hall–Kier alpha value is -2.69. The van der Waals surface area contributed by atoms with Crippen molar-refractivity contribution < 1.29 is 14.0 Å². The number of fused-ring (bicyclic) bond motifs is 1. The number of carbonyl (C=O) groups is 2. The zero-order chi connectivity index (χ0) is 18.8. The van der Waals surface area contributed by atoms with Crippen LogP contribution in [0.15, 0.2) is 48.5 Å². The second-order valence-electron chi connectivity index (χ2n) is 7.38.